The Bertz CT molecular complexity index is 394. The first kappa shape index (κ1) is 8.90. The number of aromatic nitrogens is 3. The second-order valence-electron chi connectivity index (χ2n) is 3.00. The smallest absolute Gasteiger partial charge is 0.0941 e. The predicted octanol–water partition coefficient (Wildman–Crippen LogP) is 1.19. The highest BCUT2D eigenvalue weighted by atomic mass is 14.9. The Hall–Kier alpha value is -1.68. The van der Waals surface area contributed by atoms with E-state index in [1.165, 1.54) is 0 Å². The van der Waals surface area contributed by atoms with Crippen molar-refractivity contribution < 1.29 is 0 Å². The Morgan fingerprint density at radius 3 is 3.14 bits per heavy atom. The molecule has 0 fully saturated rings. The monoisotopic (exact) mass is 188 g/mol. The molecule has 0 saturated carbocycles. The molecule has 0 radical (unpaired) electrons. The van der Waals surface area contributed by atoms with Crippen LogP contribution in [0.5, 0.6) is 0 Å². The quantitative estimate of drug-likeness (QED) is 0.760. The van der Waals surface area contributed by atoms with Gasteiger partial charge in [0.25, 0.3) is 0 Å². The van der Waals surface area contributed by atoms with E-state index >= 15 is 0 Å². The number of rotatable bonds is 3. The van der Waals surface area contributed by atoms with Crippen LogP contribution in [0.2, 0.25) is 0 Å². The summed E-state index contributed by atoms with van der Waals surface area (Å²) < 4.78 is 0. The highest BCUT2D eigenvalue weighted by Crippen LogP contribution is 2.18. The maximum atomic E-state index is 4.27. The molecule has 0 aliphatic carbocycles. The van der Waals surface area contributed by atoms with E-state index in [0.29, 0.717) is 0 Å². The Morgan fingerprint density at radius 2 is 2.43 bits per heavy atom. The van der Waals surface area contributed by atoms with Gasteiger partial charge in [0.05, 0.1) is 17.7 Å². The van der Waals surface area contributed by atoms with Crippen LogP contribution in [0.25, 0.3) is 11.3 Å². The fourth-order valence-corrected chi connectivity index (χ4v) is 1.38. The molecule has 0 spiro atoms. The summed E-state index contributed by atoms with van der Waals surface area (Å²) in [5, 5.41) is 3.09. The van der Waals surface area contributed by atoms with Crippen LogP contribution in [-0.2, 0) is 6.54 Å². The van der Waals surface area contributed by atoms with E-state index in [1.807, 2.05) is 25.4 Å². The predicted molar refractivity (Wildman–Crippen MR) is 54.6 cm³/mol. The third-order valence-electron chi connectivity index (χ3n) is 2.01. The maximum absolute atomic E-state index is 4.27. The van der Waals surface area contributed by atoms with Gasteiger partial charge >= 0.3 is 0 Å². The normalized spacial score (nSPS) is 10.4. The number of hydrogen-bond donors (Lipinski definition) is 2. The van der Waals surface area contributed by atoms with Gasteiger partial charge in [0.1, 0.15) is 0 Å². The van der Waals surface area contributed by atoms with Crippen LogP contribution in [0.15, 0.2) is 30.9 Å². The van der Waals surface area contributed by atoms with Gasteiger partial charge in [0, 0.05) is 24.5 Å². The lowest BCUT2D eigenvalue weighted by Gasteiger charge is -2.00. The average molecular weight is 188 g/mol. The second kappa shape index (κ2) is 4.02. The molecule has 2 aromatic heterocycles. The minimum atomic E-state index is 0.782. The molecule has 0 aliphatic heterocycles. The van der Waals surface area contributed by atoms with Gasteiger partial charge in [-0.3, -0.25) is 4.98 Å². The van der Waals surface area contributed by atoms with E-state index in [9.17, 15) is 0 Å². The number of H-pyrrole nitrogens is 1. The summed E-state index contributed by atoms with van der Waals surface area (Å²) in [6, 6.07) is 3.91. The van der Waals surface area contributed by atoms with Crippen molar-refractivity contribution >= 4 is 0 Å². The number of nitrogens with zero attached hydrogens (tertiary/aromatic N) is 2. The first-order valence-corrected chi connectivity index (χ1v) is 4.49. The maximum Gasteiger partial charge on any atom is 0.0941 e. The molecule has 0 aliphatic rings. The van der Waals surface area contributed by atoms with Gasteiger partial charge in [-0.05, 0) is 19.2 Å². The zero-order valence-electron chi connectivity index (χ0n) is 7.99. The van der Waals surface area contributed by atoms with Crippen LogP contribution in [0, 0.1) is 0 Å². The van der Waals surface area contributed by atoms with Crippen LogP contribution in [0.3, 0.4) is 0 Å². The van der Waals surface area contributed by atoms with E-state index in [-0.39, 0.29) is 0 Å². The third-order valence-corrected chi connectivity index (χ3v) is 2.01. The molecular formula is C10H12N4. The summed E-state index contributed by atoms with van der Waals surface area (Å²) in [7, 11) is 1.91. The minimum Gasteiger partial charge on any atom is -0.347 e. The second-order valence-corrected chi connectivity index (χ2v) is 3.00. The molecule has 2 rings (SSSR count). The number of nitrogens with one attached hydrogen (secondary N) is 2. The Labute approximate surface area is 82.4 Å². The first-order valence-electron chi connectivity index (χ1n) is 4.49. The van der Waals surface area contributed by atoms with Crippen molar-refractivity contribution in [2.45, 2.75) is 6.54 Å². The average Bonchev–Trinajstić information content (AvgIpc) is 2.68. The molecule has 2 N–H and O–H groups in total. The van der Waals surface area contributed by atoms with E-state index in [2.05, 4.69) is 20.3 Å². The summed E-state index contributed by atoms with van der Waals surface area (Å²) in [5.41, 5.74) is 3.09. The van der Waals surface area contributed by atoms with E-state index in [1.54, 1.807) is 12.5 Å². The lowest BCUT2D eigenvalue weighted by Crippen LogP contribution is -2.06. The van der Waals surface area contributed by atoms with Crippen LogP contribution in [0.1, 0.15) is 5.69 Å². The van der Waals surface area contributed by atoms with Crippen molar-refractivity contribution in [2.24, 2.45) is 0 Å². The molecule has 4 heteroatoms. The van der Waals surface area contributed by atoms with Gasteiger partial charge in [0.2, 0.25) is 0 Å². The SMILES string of the molecule is CNCc1[nH]cnc1-c1cccnc1. The van der Waals surface area contributed by atoms with Gasteiger partial charge in [-0.1, -0.05) is 0 Å². The number of aromatic amines is 1. The van der Waals surface area contributed by atoms with Crippen LogP contribution >= 0.6 is 0 Å². The van der Waals surface area contributed by atoms with Crippen LogP contribution in [0.4, 0.5) is 0 Å². The van der Waals surface area contributed by atoms with Crippen LogP contribution < -0.4 is 5.32 Å². The largest absolute Gasteiger partial charge is 0.347 e. The molecule has 0 aromatic carbocycles. The van der Waals surface area contributed by atoms with Crippen molar-refractivity contribution in [3.05, 3.63) is 36.5 Å². The van der Waals surface area contributed by atoms with Gasteiger partial charge in [-0.25, -0.2) is 4.98 Å². The van der Waals surface area contributed by atoms with Gasteiger partial charge in [0.15, 0.2) is 0 Å². The molecule has 2 heterocycles. The summed E-state index contributed by atoms with van der Waals surface area (Å²) in [6.07, 6.45) is 5.28. The molecule has 4 nitrogen and oxygen atoms in total. The molecule has 14 heavy (non-hydrogen) atoms. The minimum absolute atomic E-state index is 0.782. The van der Waals surface area contributed by atoms with Crippen molar-refractivity contribution in [1.82, 2.24) is 20.3 Å². The summed E-state index contributed by atoms with van der Waals surface area (Å²) >= 11 is 0. The highest BCUT2D eigenvalue weighted by Gasteiger charge is 2.06. The van der Waals surface area contributed by atoms with Crippen molar-refractivity contribution in [3.8, 4) is 11.3 Å². The topological polar surface area (TPSA) is 53.6 Å². The van der Waals surface area contributed by atoms with E-state index in [0.717, 1.165) is 23.5 Å². The number of pyridine rings is 1. The molecule has 0 bridgehead atoms. The molecule has 0 atom stereocenters. The Kier molecular flexibility index (Phi) is 2.55. The Morgan fingerprint density at radius 1 is 1.50 bits per heavy atom. The standard InChI is InChI=1S/C10H12N4/c1-11-6-9-10(14-7-13-9)8-3-2-4-12-5-8/h2-5,7,11H,6H2,1H3,(H,13,14). The molecule has 2 aromatic rings. The first-order chi connectivity index (χ1) is 6.92. The molecule has 0 saturated heterocycles. The Balaban J connectivity index is 2.37. The number of hydrogen-bond acceptors (Lipinski definition) is 3. The lowest BCUT2D eigenvalue weighted by molar-refractivity contribution is 0.798. The summed E-state index contributed by atoms with van der Waals surface area (Å²) in [4.78, 5) is 11.4. The van der Waals surface area contributed by atoms with Gasteiger partial charge in [-0.2, -0.15) is 0 Å². The highest BCUT2D eigenvalue weighted by molar-refractivity contribution is 5.60. The van der Waals surface area contributed by atoms with E-state index in [4.69, 9.17) is 0 Å². The van der Waals surface area contributed by atoms with Crippen molar-refractivity contribution in [2.75, 3.05) is 7.05 Å². The van der Waals surface area contributed by atoms with Gasteiger partial charge in [-0.15, -0.1) is 0 Å². The van der Waals surface area contributed by atoms with Crippen molar-refractivity contribution in [3.63, 3.8) is 0 Å². The zero-order valence-corrected chi connectivity index (χ0v) is 7.99. The molecule has 0 amide bonds. The summed E-state index contributed by atoms with van der Waals surface area (Å²) in [5.74, 6) is 0. The molecular weight excluding hydrogens is 176 g/mol. The van der Waals surface area contributed by atoms with Crippen LogP contribution in [-0.4, -0.2) is 22.0 Å². The van der Waals surface area contributed by atoms with E-state index < -0.39 is 0 Å². The molecule has 72 valence electrons. The third kappa shape index (κ3) is 1.65. The van der Waals surface area contributed by atoms with Crippen molar-refractivity contribution in [1.29, 1.82) is 0 Å². The molecule has 0 unspecified atom stereocenters. The summed E-state index contributed by atoms with van der Waals surface area (Å²) in [6.45, 7) is 0.782. The fourth-order valence-electron chi connectivity index (χ4n) is 1.38. The fraction of sp³-hybridized carbons (Fsp3) is 0.200. The lowest BCUT2D eigenvalue weighted by atomic mass is 10.2. The zero-order chi connectivity index (χ0) is 9.80. The number of imidazole rings is 1. The van der Waals surface area contributed by atoms with Gasteiger partial charge < -0.3 is 10.3 Å².